The zero-order valence-corrected chi connectivity index (χ0v) is 20.3. The second kappa shape index (κ2) is 10.1. The normalized spacial score (nSPS) is 26.2. The first-order valence-electron chi connectivity index (χ1n) is 10.8. The number of aliphatic hydroxyl groups is 3. The van der Waals surface area contributed by atoms with Gasteiger partial charge in [-0.2, -0.15) is 4.37 Å². The molecule has 1 fully saturated rings. The fourth-order valence-corrected chi connectivity index (χ4v) is 4.63. The van der Waals surface area contributed by atoms with Crippen LogP contribution in [-0.4, -0.2) is 79.3 Å². The summed E-state index contributed by atoms with van der Waals surface area (Å²) >= 11 is 0.898. The van der Waals surface area contributed by atoms with Crippen LogP contribution in [0.5, 0.6) is 11.6 Å². The lowest BCUT2D eigenvalue weighted by Crippen LogP contribution is -2.62. The van der Waals surface area contributed by atoms with Crippen LogP contribution >= 0.6 is 11.7 Å². The van der Waals surface area contributed by atoms with Crippen molar-refractivity contribution in [3.05, 3.63) is 39.9 Å². The number of aromatic hydroxyl groups is 1. The summed E-state index contributed by atoms with van der Waals surface area (Å²) < 4.78 is 29.3. The maximum atomic E-state index is 12.6. The van der Waals surface area contributed by atoms with Crippen molar-refractivity contribution in [1.29, 1.82) is 0 Å². The number of rotatable bonds is 7. The van der Waals surface area contributed by atoms with Crippen LogP contribution in [0.4, 0.5) is 5.69 Å². The van der Waals surface area contributed by atoms with Gasteiger partial charge in [-0.25, -0.2) is 4.79 Å². The number of fused-ring (bicyclic) bond motifs is 1. The summed E-state index contributed by atoms with van der Waals surface area (Å²) in [5.41, 5.74) is -2.15. The molecule has 0 unspecified atom stereocenters. The lowest BCUT2D eigenvalue weighted by atomic mass is 9.83. The molecule has 1 amide bonds. The Labute approximate surface area is 208 Å². The van der Waals surface area contributed by atoms with Crippen molar-refractivity contribution in [2.24, 2.45) is 0 Å². The highest BCUT2D eigenvalue weighted by Crippen LogP contribution is 2.42. The van der Waals surface area contributed by atoms with Crippen LogP contribution in [0.3, 0.4) is 0 Å². The molecule has 1 aliphatic rings. The molecule has 0 aliphatic carbocycles. The Bertz CT molecular complexity index is 1310. The van der Waals surface area contributed by atoms with E-state index in [-0.39, 0.29) is 16.8 Å². The second-order valence-corrected chi connectivity index (χ2v) is 9.06. The van der Waals surface area contributed by atoms with Gasteiger partial charge in [-0.1, -0.05) is 6.07 Å². The van der Waals surface area contributed by atoms with E-state index >= 15 is 0 Å². The van der Waals surface area contributed by atoms with Crippen molar-refractivity contribution in [1.82, 2.24) is 8.75 Å². The van der Waals surface area contributed by atoms with Gasteiger partial charge < -0.3 is 44.4 Å². The Kier molecular flexibility index (Phi) is 7.26. The number of ether oxygens (including phenoxy) is 3. The monoisotopic (exact) mass is 523 g/mol. The van der Waals surface area contributed by atoms with E-state index in [1.54, 1.807) is 6.92 Å². The number of hydrogen-bond acceptors (Lipinski definition) is 13. The van der Waals surface area contributed by atoms with Gasteiger partial charge >= 0.3 is 5.63 Å². The molecular weight excluding hydrogens is 498 g/mol. The first-order valence-corrected chi connectivity index (χ1v) is 11.5. The van der Waals surface area contributed by atoms with Gasteiger partial charge in [-0.3, -0.25) is 4.79 Å². The van der Waals surface area contributed by atoms with E-state index in [9.17, 15) is 30.0 Å². The lowest BCUT2D eigenvalue weighted by Gasteiger charge is -2.48. The van der Waals surface area contributed by atoms with Crippen molar-refractivity contribution in [3.63, 3.8) is 0 Å². The summed E-state index contributed by atoms with van der Waals surface area (Å²) in [5, 5.41) is 44.4. The highest BCUT2D eigenvalue weighted by atomic mass is 32.1. The minimum atomic E-state index is -1.43. The summed E-state index contributed by atoms with van der Waals surface area (Å²) in [6.45, 7) is 2.13. The van der Waals surface area contributed by atoms with Crippen LogP contribution in [-0.2, 0) is 14.3 Å². The van der Waals surface area contributed by atoms with E-state index < -0.39 is 66.2 Å². The van der Waals surface area contributed by atoms with Crippen molar-refractivity contribution in [2.75, 3.05) is 25.6 Å². The molecule has 1 aliphatic heterocycles. The summed E-state index contributed by atoms with van der Waals surface area (Å²) in [5.74, 6) is -1.12. The van der Waals surface area contributed by atoms with Gasteiger partial charge in [0, 0.05) is 7.11 Å². The molecule has 36 heavy (non-hydrogen) atoms. The number of aliphatic hydroxyl groups excluding tert-OH is 3. The number of aromatic nitrogens is 2. The SMILES string of the molecule is CO[C@@H]1[C@H](O)[C@@H](O)[C@H](c2ccc3c(O)c(NC(=O)COc4cnsn4)c(=O)oc3c2C)O[C@]1(C)CO. The molecule has 4 rings (SSSR count). The Morgan fingerprint density at radius 2 is 2.06 bits per heavy atom. The number of nitrogens with one attached hydrogen (secondary N) is 1. The predicted octanol–water partition coefficient (Wildman–Crippen LogP) is 0.235. The minimum Gasteiger partial charge on any atom is -0.505 e. The number of carbonyl (C=O) groups excluding carboxylic acids is 1. The molecule has 1 aromatic carbocycles. The molecule has 3 heterocycles. The Hall–Kier alpha value is -3.14. The maximum Gasteiger partial charge on any atom is 0.364 e. The number of nitrogens with zero attached hydrogens (tertiary/aromatic N) is 2. The van der Waals surface area contributed by atoms with Crippen LogP contribution in [0.15, 0.2) is 27.5 Å². The molecule has 2 aromatic heterocycles. The van der Waals surface area contributed by atoms with E-state index in [2.05, 4.69) is 14.1 Å². The lowest BCUT2D eigenvalue weighted by molar-refractivity contribution is -0.279. The molecule has 0 saturated carbocycles. The van der Waals surface area contributed by atoms with E-state index in [0.717, 1.165) is 11.7 Å². The van der Waals surface area contributed by atoms with Crippen LogP contribution in [0.2, 0.25) is 0 Å². The molecule has 194 valence electrons. The van der Waals surface area contributed by atoms with Crippen LogP contribution in [0.1, 0.15) is 24.2 Å². The van der Waals surface area contributed by atoms with Crippen LogP contribution in [0.25, 0.3) is 11.0 Å². The number of benzene rings is 1. The van der Waals surface area contributed by atoms with Gasteiger partial charge in [0.25, 0.3) is 5.91 Å². The van der Waals surface area contributed by atoms with Gasteiger partial charge in [0.05, 0.1) is 23.7 Å². The maximum absolute atomic E-state index is 12.6. The van der Waals surface area contributed by atoms with Gasteiger partial charge in [-0.15, -0.1) is 4.37 Å². The first kappa shape index (κ1) is 25.9. The smallest absolute Gasteiger partial charge is 0.364 e. The average molecular weight is 524 g/mol. The van der Waals surface area contributed by atoms with E-state index in [4.69, 9.17) is 18.6 Å². The number of anilines is 1. The molecule has 13 nitrogen and oxygen atoms in total. The third-order valence-corrected chi connectivity index (χ3v) is 6.60. The number of methoxy groups -OCH3 is 1. The Morgan fingerprint density at radius 1 is 1.31 bits per heavy atom. The van der Waals surface area contributed by atoms with E-state index in [1.165, 1.54) is 32.4 Å². The standard InChI is InChI=1S/C22H25N3O10S/c1-9-10(19-16(29)17(30)20(32-3)22(2,8-26)35-19)4-5-11-15(28)14(21(31)34-18(9)11)24-12(27)7-33-13-6-23-36-25-13/h4-6,16-17,19-20,26,28-30H,7-8H2,1-3H3,(H,24,27)/t16-,17-,19+,20-,22-/m1/s1. The third kappa shape index (κ3) is 4.54. The summed E-state index contributed by atoms with van der Waals surface area (Å²) in [4.78, 5) is 24.8. The zero-order chi connectivity index (χ0) is 26.2. The molecule has 1 saturated heterocycles. The number of aryl methyl sites for hydroxylation is 1. The molecule has 0 radical (unpaired) electrons. The van der Waals surface area contributed by atoms with Crippen molar-refractivity contribution in [3.8, 4) is 11.6 Å². The fourth-order valence-electron chi connectivity index (χ4n) is 4.26. The topological polar surface area (TPSA) is 194 Å². The largest absolute Gasteiger partial charge is 0.505 e. The van der Waals surface area contributed by atoms with Gasteiger partial charge in [0.15, 0.2) is 18.0 Å². The molecular formula is C22H25N3O10S. The minimum absolute atomic E-state index is 0.0114. The summed E-state index contributed by atoms with van der Waals surface area (Å²) in [7, 11) is 1.33. The van der Waals surface area contributed by atoms with Gasteiger partial charge in [0.1, 0.15) is 41.8 Å². The summed E-state index contributed by atoms with van der Waals surface area (Å²) in [6.07, 6.45) is -3.61. The Morgan fingerprint density at radius 3 is 2.69 bits per heavy atom. The molecule has 3 aromatic rings. The fraction of sp³-hybridized carbons (Fsp3) is 0.455. The molecule has 5 N–H and O–H groups in total. The van der Waals surface area contributed by atoms with Crippen molar-refractivity contribution < 1.29 is 43.8 Å². The van der Waals surface area contributed by atoms with Crippen molar-refractivity contribution in [2.45, 2.75) is 43.9 Å². The van der Waals surface area contributed by atoms with Crippen molar-refractivity contribution >= 4 is 34.3 Å². The first-order chi connectivity index (χ1) is 17.1. The summed E-state index contributed by atoms with van der Waals surface area (Å²) in [6, 6.07) is 2.94. The quantitative estimate of drug-likeness (QED) is 0.265. The predicted molar refractivity (Wildman–Crippen MR) is 125 cm³/mol. The number of amides is 1. The Balaban J connectivity index is 1.66. The highest BCUT2D eigenvalue weighted by molar-refractivity contribution is 6.99. The van der Waals surface area contributed by atoms with E-state index in [0.29, 0.717) is 11.1 Å². The zero-order valence-electron chi connectivity index (χ0n) is 19.5. The van der Waals surface area contributed by atoms with Gasteiger partial charge in [0.2, 0.25) is 5.88 Å². The molecule has 0 spiro atoms. The molecule has 5 atom stereocenters. The van der Waals surface area contributed by atoms with Gasteiger partial charge in [-0.05, 0) is 31.0 Å². The third-order valence-electron chi connectivity index (χ3n) is 6.14. The number of hydrogen-bond donors (Lipinski definition) is 5. The molecule has 14 heteroatoms. The van der Waals surface area contributed by atoms with Crippen LogP contribution in [0, 0.1) is 6.92 Å². The number of carbonyl (C=O) groups is 1. The van der Waals surface area contributed by atoms with E-state index in [1.807, 2.05) is 0 Å². The van der Waals surface area contributed by atoms with Crippen LogP contribution < -0.4 is 15.7 Å². The molecule has 0 bridgehead atoms. The highest BCUT2D eigenvalue weighted by Gasteiger charge is 2.52. The average Bonchev–Trinajstić information content (AvgIpc) is 3.38. The second-order valence-electron chi connectivity index (χ2n) is 8.50.